The standard InChI is InChI=1S/C19H23N3O4S/c1-14-12-15(2)21-19(20-14)26-16-8-10-22(13-16)18(23)9-11-27(24,25)17-6-4-3-5-7-17/h3-7,12,16H,8-11,13H2,1-2H3. The molecule has 0 saturated carbocycles. The van der Waals surface area contributed by atoms with Crippen LogP contribution >= 0.6 is 0 Å². The molecule has 0 aliphatic carbocycles. The van der Waals surface area contributed by atoms with Gasteiger partial charge in [0.05, 0.1) is 17.2 Å². The third-order valence-corrected chi connectivity index (χ3v) is 6.15. The first-order valence-electron chi connectivity index (χ1n) is 8.88. The van der Waals surface area contributed by atoms with Crippen molar-refractivity contribution in [3.8, 4) is 6.01 Å². The summed E-state index contributed by atoms with van der Waals surface area (Å²) in [5.41, 5.74) is 1.66. The highest BCUT2D eigenvalue weighted by Crippen LogP contribution is 2.18. The molecule has 144 valence electrons. The fourth-order valence-corrected chi connectivity index (χ4v) is 4.32. The Kier molecular flexibility index (Phi) is 5.74. The maximum absolute atomic E-state index is 12.4. The molecule has 0 radical (unpaired) electrons. The molecule has 1 aliphatic rings. The van der Waals surface area contributed by atoms with Crippen molar-refractivity contribution in [3.05, 3.63) is 47.8 Å². The maximum atomic E-state index is 12.4. The Morgan fingerprint density at radius 3 is 2.52 bits per heavy atom. The molecular weight excluding hydrogens is 366 g/mol. The zero-order chi connectivity index (χ0) is 19.4. The van der Waals surface area contributed by atoms with Crippen molar-refractivity contribution >= 4 is 15.7 Å². The van der Waals surface area contributed by atoms with E-state index in [9.17, 15) is 13.2 Å². The van der Waals surface area contributed by atoms with Gasteiger partial charge in [0.25, 0.3) is 0 Å². The van der Waals surface area contributed by atoms with Crippen LogP contribution < -0.4 is 4.74 Å². The van der Waals surface area contributed by atoms with Crippen molar-refractivity contribution in [1.29, 1.82) is 0 Å². The second-order valence-corrected chi connectivity index (χ2v) is 8.79. The predicted octanol–water partition coefficient (Wildman–Crippen LogP) is 1.94. The number of amides is 1. The summed E-state index contributed by atoms with van der Waals surface area (Å²) < 4.78 is 30.4. The normalized spacial score (nSPS) is 17.1. The molecule has 0 spiro atoms. The molecule has 27 heavy (non-hydrogen) atoms. The van der Waals surface area contributed by atoms with Gasteiger partial charge in [0, 0.05) is 30.8 Å². The lowest BCUT2D eigenvalue weighted by molar-refractivity contribution is -0.130. The molecular formula is C19H23N3O4S. The van der Waals surface area contributed by atoms with Crippen LogP contribution in [0.1, 0.15) is 24.2 Å². The van der Waals surface area contributed by atoms with E-state index < -0.39 is 9.84 Å². The van der Waals surface area contributed by atoms with Gasteiger partial charge in [0.1, 0.15) is 6.10 Å². The van der Waals surface area contributed by atoms with Crippen molar-refractivity contribution in [2.75, 3.05) is 18.8 Å². The van der Waals surface area contributed by atoms with Gasteiger partial charge in [-0.1, -0.05) is 18.2 Å². The fourth-order valence-electron chi connectivity index (χ4n) is 3.07. The summed E-state index contributed by atoms with van der Waals surface area (Å²) in [6.45, 7) is 4.71. The van der Waals surface area contributed by atoms with E-state index in [0.29, 0.717) is 25.5 Å². The molecule has 1 fully saturated rings. The molecule has 1 aromatic carbocycles. The van der Waals surface area contributed by atoms with Gasteiger partial charge in [0.15, 0.2) is 9.84 Å². The van der Waals surface area contributed by atoms with Gasteiger partial charge in [-0.3, -0.25) is 4.79 Å². The Morgan fingerprint density at radius 2 is 1.85 bits per heavy atom. The van der Waals surface area contributed by atoms with Gasteiger partial charge in [-0.25, -0.2) is 18.4 Å². The third-order valence-electron chi connectivity index (χ3n) is 4.42. The zero-order valence-corrected chi connectivity index (χ0v) is 16.3. The topological polar surface area (TPSA) is 89.5 Å². The number of ether oxygens (including phenoxy) is 1. The number of hydrogen-bond acceptors (Lipinski definition) is 6. The van der Waals surface area contributed by atoms with Crippen LogP contribution in [0.15, 0.2) is 41.3 Å². The summed E-state index contributed by atoms with van der Waals surface area (Å²) in [5, 5.41) is 0. The van der Waals surface area contributed by atoms with Gasteiger partial charge >= 0.3 is 6.01 Å². The molecule has 8 heteroatoms. The van der Waals surface area contributed by atoms with E-state index in [-0.39, 0.29) is 29.1 Å². The SMILES string of the molecule is Cc1cc(C)nc(OC2CCN(C(=O)CCS(=O)(=O)c3ccccc3)C2)n1. The highest BCUT2D eigenvalue weighted by Gasteiger charge is 2.29. The molecule has 1 aromatic heterocycles. The van der Waals surface area contributed by atoms with Crippen molar-refractivity contribution in [2.45, 2.75) is 37.7 Å². The number of sulfone groups is 1. The number of hydrogen-bond donors (Lipinski definition) is 0. The van der Waals surface area contributed by atoms with Crippen LogP contribution in [0.25, 0.3) is 0 Å². The number of carbonyl (C=O) groups excluding carboxylic acids is 1. The number of nitrogens with zero attached hydrogens (tertiary/aromatic N) is 3. The number of carbonyl (C=O) groups is 1. The number of rotatable bonds is 6. The molecule has 1 aliphatic heterocycles. The number of benzene rings is 1. The van der Waals surface area contributed by atoms with Crippen LogP contribution in [0.4, 0.5) is 0 Å². The number of aromatic nitrogens is 2. The van der Waals surface area contributed by atoms with Crippen LogP contribution in [0, 0.1) is 13.8 Å². The van der Waals surface area contributed by atoms with E-state index in [0.717, 1.165) is 11.4 Å². The molecule has 3 rings (SSSR count). The first kappa shape index (κ1) is 19.3. The third kappa shape index (κ3) is 5.03. The quantitative estimate of drug-likeness (QED) is 0.750. The Hall–Kier alpha value is -2.48. The molecule has 1 unspecified atom stereocenters. The number of aryl methyl sites for hydroxylation is 2. The minimum absolute atomic E-state index is 0.0377. The second kappa shape index (κ2) is 8.04. The average Bonchev–Trinajstić information content (AvgIpc) is 3.08. The molecule has 2 aromatic rings. The van der Waals surface area contributed by atoms with Crippen LogP contribution in [-0.4, -0.2) is 54.1 Å². The number of likely N-dealkylation sites (tertiary alicyclic amines) is 1. The van der Waals surface area contributed by atoms with Gasteiger partial charge in [-0.15, -0.1) is 0 Å². The van der Waals surface area contributed by atoms with Crippen LogP contribution in [0.2, 0.25) is 0 Å². The second-order valence-electron chi connectivity index (χ2n) is 6.68. The monoisotopic (exact) mass is 389 g/mol. The van der Waals surface area contributed by atoms with E-state index in [1.807, 2.05) is 19.9 Å². The van der Waals surface area contributed by atoms with Crippen LogP contribution in [0.3, 0.4) is 0 Å². The Bertz CT molecular complexity index is 896. The highest BCUT2D eigenvalue weighted by atomic mass is 32.2. The summed E-state index contributed by atoms with van der Waals surface area (Å²) in [6, 6.07) is 10.4. The van der Waals surface area contributed by atoms with E-state index in [1.165, 1.54) is 0 Å². The van der Waals surface area contributed by atoms with Crippen molar-refractivity contribution in [3.63, 3.8) is 0 Å². The smallest absolute Gasteiger partial charge is 0.317 e. The molecule has 2 heterocycles. The Morgan fingerprint density at radius 1 is 1.19 bits per heavy atom. The molecule has 0 N–H and O–H groups in total. The largest absolute Gasteiger partial charge is 0.458 e. The van der Waals surface area contributed by atoms with E-state index >= 15 is 0 Å². The van der Waals surface area contributed by atoms with Crippen molar-refractivity contribution in [1.82, 2.24) is 14.9 Å². The predicted molar refractivity (Wildman–Crippen MR) is 100 cm³/mol. The summed E-state index contributed by atoms with van der Waals surface area (Å²) in [7, 11) is -3.46. The van der Waals surface area contributed by atoms with E-state index in [2.05, 4.69) is 9.97 Å². The van der Waals surface area contributed by atoms with Crippen molar-refractivity contribution in [2.24, 2.45) is 0 Å². The first-order chi connectivity index (χ1) is 12.8. The molecule has 7 nitrogen and oxygen atoms in total. The van der Waals surface area contributed by atoms with Gasteiger partial charge in [-0.05, 0) is 32.0 Å². The van der Waals surface area contributed by atoms with Crippen LogP contribution in [0.5, 0.6) is 6.01 Å². The highest BCUT2D eigenvalue weighted by molar-refractivity contribution is 7.91. The van der Waals surface area contributed by atoms with Gasteiger partial charge in [-0.2, -0.15) is 0 Å². The molecule has 0 bridgehead atoms. The maximum Gasteiger partial charge on any atom is 0.317 e. The zero-order valence-electron chi connectivity index (χ0n) is 15.5. The minimum Gasteiger partial charge on any atom is -0.458 e. The molecule has 1 saturated heterocycles. The molecule has 1 atom stereocenters. The average molecular weight is 389 g/mol. The van der Waals surface area contributed by atoms with Crippen molar-refractivity contribution < 1.29 is 17.9 Å². The Balaban J connectivity index is 1.53. The summed E-state index contributed by atoms with van der Waals surface area (Å²) in [5.74, 6) is -0.375. The first-order valence-corrected chi connectivity index (χ1v) is 10.5. The lowest BCUT2D eigenvalue weighted by Crippen LogP contribution is -2.32. The van der Waals surface area contributed by atoms with Gasteiger partial charge in [0.2, 0.25) is 5.91 Å². The van der Waals surface area contributed by atoms with E-state index in [4.69, 9.17) is 4.74 Å². The minimum atomic E-state index is -3.46. The lowest BCUT2D eigenvalue weighted by atomic mass is 10.3. The molecule has 1 amide bonds. The van der Waals surface area contributed by atoms with E-state index in [1.54, 1.807) is 35.2 Å². The van der Waals surface area contributed by atoms with Gasteiger partial charge < -0.3 is 9.64 Å². The Labute approximate surface area is 159 Å². The fraction of sp³-hybridized carbons (Fsp3) is 0.421. The summed E-state index contributed by atoms with van der Waals surface area (Å²) >= 11 is 0. The summed E-state index contributed by atoms with van der Waals surface area (Å²) in [4.78, 5) is 22.8. The van der Waals surface area contributed by atoms with Crippen LogP contribution in [-0.2, 0) is 14.6 Å². The summed E-state index contributed by atoms with van der Waals surface area (Å²) in [6.07, 6.45) is 0.457. The lowest BCUT2D eigenvalue weighted by Gasteiger charge is -2.17.